The van der Waals surface area contributed by atoms with E-state index >= 15 is 0 Å². The molecule has 0 amide bonds. The van der Waals surface area contributed by atoms with Crippen LogP contribution in [0.15, 0.2) is 31.0 Å². The molecule has 1 heteroatoms. The zero-order valence-corrected chi connectivity index (χ0v) is 10.7. The average molecular weight is 228 g/mol. The van der Waals surface area contributed by atoms with Crippen molar-refractivity contribution in [3.63, 3.8) is 0 Å². The fourth-order valence-electron chi connectivity index (χ4n) is 3.91. The van der Waals surface area contributed by atoms with E-state index in [1.807, 2.05) is 6.08 Å². The summed E-state index contributed by atoms with van der Waals surface area (Å²) >= 11 is 0. The van der Waals surface area contributed by atoms with E-state index < -0.39 is 0 Å². The Morgan fingerprint density at radius 3 is 3.12 bits per heavy atom. The Morgan fingerprint density at radius 2 is 2.35 bits per heavy atom. The largest absolute Gasteiger partial charge is 0.198 e. The van der Waals surface area contributed by atoms with Crippen molar-refractivity contribution in [1.82, 2.24) is 0 Å². The first-order chi connectivity index (χ1) is 8.33. The Bertz CT molecular complexity index is 435. The molecular weight excluding hydrogens is 206 g/mol. The van der Waals surface area contributed by atoms with Crippen LogP contribution in [0.2, 0.25) is 0 Å². The van der Waals surface area contributed by atoms with Gasteiger partial charge in [0.25, 0.3) is 0 Å². The van der Waals surface area contributed by atoms with Crippen molar-refractivity contribution in [3.8, 4) is 0 Å². The lowest BCUT2D eigenvalue weighted by molar-refractivity contribution is -0.694. The molecule has 3 rings (SSSR count). The molecule has 1 aromatic heterocycles. The van der Waals surface area contributed by atoms with E-state index in [1.54, 1.807) is 11.3 Å². The maximum atomic E-state index is 3.86. The van der Waals surface area contributed by atoms with Gasteiger partial charge in [0.1, 0.15) is 0 Å². The number of hydrogen-bond acceptors (Lipinski definition) is 0. The summed E-state index contributed by atoms with van der Waals surface area (Å²) in [5.74, 6) is 2.76. The summed E-state index contributed by atoms with van der Waals surface area (Å²) in [6.07, 6.45) is 9.74. The maximum absolute atomic E-state index is 3.86. The first-order valence-corrected chi connectivity index (χ1v) is 6.95. The Morgan fingerprint density at radius 1 is 1.47 bits per heavy atom. The zero-order chi connectivity index (χ0) is 11.8. The van der Waals surface area contributed by atoms with Gasteiger partial charge in [-0.05, 0) is 42.7 Å². The van der Waals surface area contributed by atoms with E-state index in [1.165, 1.54) is 25.7 Å². The Balaban J connectivity index is 1.93. The van der Waals surface area contributed by atoms with Gasteiger partial charge in [0.15, 0.2) is 18.4 Å². The molecule has 0 aliphatic heterocycles. The van der Waals surface area contributed by atoms with Crippen molar-refractivity contribution in [3.05, 3.63) is 42.2 Å². The highest BCUT2D eigenvalue weighted by Gasteiger charge is 2.43. The van der Waals surface area contributed by atoms with Gasteiger partial charge in [-0.1, -0.05) is 19.9 Å². The molecule has 2 aliphatic carbocycles. The first kappa shape index (κ1) is 11.0. The number of fused-ring (bicyclic) bond motifs is 3. The minimum atomic E-state index is 0.854. The monoisotopic (exact) mass is 228 g/mol. The topological polar surface area (TPSA) is 3.88 Å². The predicted octanol–water partition coefficient (Wildman–Crippen LogP) is 3.24. The first-order valence-electron chi connectivity index (χ1n) is 6.95. The summed E-state index contributed by atoms with van der Waals surface area (Å²) in [5.41, 5.74) is 3.22. The predicted molar refractivity (Wildman–Crippen MR) is 69.8 cm³/mol. The quantitative estimate of drug-likeness (QED) is 0.552. The second-order valence-electron chi connectivity index (χ2n) is 5.67. The van der Waals surface area contributed by atoms with Gasteiger partial charge >= 0.3 is 0 Å². The van der Waals surface area contributed by atoms with Crippen LogP contribution in [0.5, 0.6) is 0 Å². The summed E-state index contributed by atoms with van der Waals surface area (Å²) in [4.78, 5) is 0. The van der Waals surface area contributed by atoms with Crippen molar-refractivity contribution in [2.45, 2.75) is 45.1 Å². The molecule has 1 nitrogen and oxygen atoms in total. The van der Waals surface area contributed by atoms with Gasteiger partial charge in [-0.15, -0.1) is 0 Å². The Kier molecular flexibility index (Phi) is 2.78. The molecule has 0 bridgehead atoms. The number of allylic oxidation sites excluding steroid dienone is 1. The molecule has 17 heavy (non-hydrogen) atoms. The molecule has 0 saturated heterocycles. The lowest BCUT2D eigenvalue weighted by Crippen LogP contribution is -2.37. The van der Waals surface area contributed by atoms with E-state index in [-0.39, 0.29) is 0 Å². The molecule has 0 unspecified atom stereocenters. The van der Waals surface area contributed by atoms with Gasteiger partial charge in [-0.25, -0.2) is 0 Å². The van der Waals surface area contributed by atoms with Crippen LogP contribution in [0.3, 0.4) is 0 Å². The molecule has 0 radical (unpaired) electrons. The highest BCUT2D eigenvalue weighted by Crippen LogP contribution is 2.50. The SMILES string of the molecule is C=CC[n+]1cccc2c1C[C@H]1C[C@@H](CC)C[C@@H]21. The van der Waals surface area contributed by atoms with Crippen molar-refractivity contribution < 1.29 is 4.57 Å². The molecule has 0 spiro atoms. The standard InChI is InChI=1S/C16H22N/c1-3-7-17-8-5-6-14-15-10-12(4-2)9-13(15)11-16(14)17/h3,5-6,8,12-13,15H,1,4,7,9-11H2,2H3/q+1/t12-,13-,15-/m1/s1. The third kappa shape index (κ3) is 1.72. The van der Waals surface area contributed by atoms with Crippen LogP contribution in [0.1, 0.15) is 43.4 Å². The third-order valence-corrected chi connectivity index (χ3v) is 4.77. The maximum Gasteiger partial charge on any atom is 0.185 e. The Labute approximate surface area is 104 Å². The van der Waals surface area contributed by atoms with Crippen LogP contribution in [0.4, 0.5) is 0 Å². The molecule has 2 aliphatic rings. The third-order valence-electron chi connectivity index (χ3n) is 4.77. The summed E-state index contributed by atoms with van der Waals surface area (Å²) in [7, 11) is 0. The average Bonchev–Trinajstić information content (AvgIpc) is 2.87. The molecule has 0 aromatic carbocycles. The zero-order valence-electron chi connectivity index (χ0n) is 10.7. The van der Waals surface area contributed by atoms with Gasteiger partial charge in [0.2, 0.25) is 0 Å². The Hall–Kier alpha value is -1.11. The van der Waals surface area contributed by atoms with Crippen molar-refractivity contribution >= 4 is 0 Å². The van der Waals surface area contributed by atoms with Crippen molar-refractivity contribution in [2.24, 2.45) is 11.8 Å². The smallest absolute Gasteiger partial charge is 0.185 e. The minimum Gasteiger partial charge on any atom is -0.198 e. The van der Waals surface area contributed by atoms with Gasteiger partial charge in [0.05, 0.1) is 0 Å². The molecule has 3 atom stereocenters. The molecule has 1 fully saturated rings. The van der Waals surface area contributed by atoms with Crippen LogP contribution in [0, 0.1) is 11.8 Å². The molecular formula is C16H22N+. The lowest BCUT2D eigenvalue weighted by atomic mass is 9.96. The number of rotatable bonds is 3. The van der Waals surface area contributed by atoms with Crippen molar-refractivity contribution in [2.75, 3.05) is 0 Å². The molecule has 1 saturated carbocycles. The second-order valence-corrected chi connectivity index (χ2v) is 5.67. The minimum absolute atomic E-state index is 0.854. The highest BCUT2D eigenvalue weighted by molar-refractivity contribution is 5.29. The van der Waals surface area contributed by atoms with Gasteiger partial charge in [0, 0.05) is 18.1 Å². The van der Waals surface area contributed by atoms with Crippen molar-refractivity contribution in [1.29, 1.82) is 0 Å². The normalized spacial score (nSPS) is 30.1. The van der Waals surface area contributed by atoms with Crippen LogP contribution in [0.25, 0.3) is 0 Å². The molecule has 1 aromatic rings. The fraction of sp³-hybridized carbons (Fsp3) is 0.562. The lowest BCUT2D eigenvalue weighted by Gasteiger charge is -2.08. The summed E-state index contributed by atoms with van der Waals surface area (Å²) in [5, 5.41) is 0. The van der Waals surface area contributed by atoms with Gasteiger partial charge in [-0.3, -0.25) is 0 Å². The van der Waals surface area contributed by atoms with Crippen LogP contribution in [-0.4, -0.2) is 0 Å². The second kappa shape index (κ2) is 4.29. The van der Waals surface area contributed by atoms with E-state index in [2.05, 4.69) is 36.4 Å². The van der Waals surface area contributed by atoms with Crippen LogP contribution >= 0.6 is 0 Å². The molecule has 90 valence electrons. The van der Waals surface area contributed by atoms with E-state index in [4.69, 9.17) is 0 Å². The number of pyridine rings is 1. The highest BCUT2D eigenvalue weighted by atomic mass is 15.0. The molecule has 1 heterocycles. The number of aromatic nitrogens is 1. The summed E-state index contributed by atoms with van der Waals surface area (Å²) in [6.45, 7) is 7.16. The number of hydrogen-bond donors (Lipinski definition) is 0. The summed E-state index contributed by atoms with van der Waals surface area (Å²) in [6, 6.07) is 4.57. The van der Waals surface area contributed by atoms with E-state index in [0.717, 1.165) is 24.3 Å². The van der Waals surface area contributed by atoms with Crippen LogP contribution in [-0.2, 0) is 13.0 Å². The van der Waals surface area contributed by atoms with Crippen LogP contribution < -0.4 is 4.57 Å². The fourth-order valence-corrected chi connectivity index (χ4v) is 3.91. The van der Waals surface area contributed by atoms with Gasteiger partial charge in [-0.2, -0.15) is 4.57 Å². The number of nitrogens with zero attached hydrogens (tertiary/aromatic N) is 1. The molecule has 0 N–H and O–H groups in total. The summed E-state index contributed by atoms with van der Waals surface area (Å²) < 4.78 is 2.39. The van der Waals surface area contributed by atoms with E-state index in [0.29, 0.717) is 0 Å². The van der Waals surface area contributed by atoms with Gasteiger partial charge < -0.3 is 0 Å². The van der Waals surface area contributed by atoms with E-state index in [9.17, 15) is 0 Å².